The van der Waals surface area contributed by atoms with Gasteiger partial charge in [-0.3, -0.25) is 14.5 Å². The summed E-state index contributed by atoms with van der Waals surface area (Å²) in [5, 5.41) is 2.79. The van der Waals surface area contributed by atoms with Crippen LogP contribution in [0.1, 0.15) is 45.8 Å². The van der Waals surface area contributed by atoms with Gasteiger partial charge < -0.3 is 9.15 Å². The molecule has 1 amide bonds. The topological polar surface area (TPSA) is 72.6 Å². The predicted octanol–water partition coefficient (Wildman–Crippen LogP) is 5.01. The van der Waals surface area contributed by atoms with Crippen LogP contribution in [0, 0.1) is 13.8 Å². The molecule has 7 heteroatoms. The minimum absolute atomic E-state index is 0.0720. The van der Waals surface area contributed by atoms with Gasteiger partial charge in [-0.15, -0.1) is 11.3 Å². The SMILES string of the molecule is CCOc1cccc(C2c3c(oc4cc(C)c(C)cc4c3=O)C(=O)N2c2nccs2)c1. The van der Waals surface area contributed by atoms with E-state index >= 15 is 0 Å². The molecule has 0 fully saturated rings. The molecule has 0 radical (unpaired) electrons. The third kappa shape index (κ3) is 3.04. The Bertz CT molecular complexity index is 1370. The Morgan fingerprint density at radius 3 is 2.71 bits per heavy atom. The monoisotopic (exact) mass is 432 g/mol. The van der Waals surface area contributed by atoms with Gasteiger partial charge in [-0.05, 0) is 61.7 Å². The van der Waals surface area contributed by atoms with E-state index < -0.39 is 6.04 Å². The van der Waals surface area contributed by atoms with Crippen LogP contribution in [0.15, 0.2) is 57.2 Å². The maximum absolute atomic E-state index is 13.7. The molecule has 1 atom stereocenters. The molecule has 3 heterocycles. The minimum atomic E-state index is -0.642. The van der Waals surface area contributed by atoms with E-state index in [0.29, 0.717) is 34.0 Å². The third-order valence-electron chi connectivity index (χ3n) is 5.60. The Hall–Kier alpha value is -3.45. The van der Waals surface area contributed by atoms with Crippen LogP contribution in [0.2, 0.25) is 0 Å². The summed E-state index contributed by atoms with van der Waals surface area (Å²) in [6.07, 6.45) is 1.64. The Morgan fingerprint density at radius 1 is 1.16 bits per heavy atom. The first-order valence-corrected chi connectivity index (χ1v) is 10.9. The van der Waals surface area contributed by atoms with Crippen LogP contribution >= 0.6 is 11.3 Å². The molecule has 6 nitrogen and oxygen atoms in total. The second-order valence-corrected chi connectivity index (χ2v) is 8.38. The summed E-state index contributed by atoms with van der Waals surface area (Å²) in [6.45, 7) is 6.34. The molecule has 0 N–H and O–H groups in total. The largest absolute Gasteiger partial charge is 0.494 e. The summed E-state index contributed by atoms with van der Waals surface area (Å²) in [4.78, 5) is 33.0. The molecule has 1 unspecified atom stereocenters. The highest BCUT2D eigenvalue weighted by atomic mass is 32.1. The average molecular weight is 433 g/mol. The molecule has 2 aromatic carbocycles. The predicted molar refractivity (Wildman–Crippen MR) is 120 cm³/mol. The number of hydrogen-bond acceptors (Lipinski definition) is 6. The molecular weight excluding hydrogens is 412 g/mol. The standard InChI is InChI=1S/C24H20N2O4S/c1-4-29-16-7-5-6-15(12-16)20-19-21(27)17-10-13(2)14(3)11-18(17)30-22(19)23(28)26(20)24-25-8-9-31-24/h5-12,20H,4H2,1-3H3. The fourth-order valence-electron chi connectivity index (χ4n) is 4.02. The second kappa shape index (κ2) is 7.35. The highest BCUT2D eigenvalue weighted by Crippen LogP contribution is 2.42. The molecule has 0 saturated carbocycles. The van der Waals surface area contributed by atoms with Gasteiger partial charge in [0.1, 0.15) is 11.3 Å². The van der Waals surface area contributed by atoms with Crippen molar-refractivity contribution in [3.05, 3.63) is 86.2 Å². The van der Waals surface area contributed by atoms with Crippen LogP contribution in [0.4, 0.5) is 5.13 Å². The lowest BCUT2D eigenvalue weighted by Gasteiger charge is -2.23. The van der Waals surface area contributed by atoms with Crippen molar-refractivity contribution in [1.29, 1.82) is 0 Å². The van der Waals surface area contributed by atoms with Crippen LogP contribution in [0.25, 0.3) is 11.0 Å². The summed E-state index contributed by atoms with van der Waals surface area (Å²) < 4.78 is 11.7. The number of rotatable bonds is 4. The Labute approximate surface area is 182 Å². The summed E-state index contributed by atoms with van der Waals surface area (Å²) in [6, 6.07) is 10.5. The molecule has 156 valence electrons. The molecule has 0 spiro atoms. The summed E-state index contributed by atoms with van der Waals surface area (Å²) in [5.74, 6) is 0.383. The van der Waals surface area contributed by atoms with Crippen molar-refractivity contribution in [2.45, 2.75) is 26.8 Å². The van der Waals surface area contributed by atoms with Gasteiger partial charge in [0.25, 0.3) is 5.91 Å². The number of thiazole rings is 1. The van der Waals surface area contributed by atoms with Crippen molar-refractivity contribution in [3.8, 4) is 5.75 Å². The first kappa shape index (κ1) is 19.5. The normalized spacial score (nSPS) is 15.5. The molecule has 5 rings (SSSR count). The first-order chi connectivity index (χ1) is 15.0. The van der Waals surface area contributed by atoms with Gasteiger partial charge in [-0.25, -0.2) is 4.98 Å². The summed E-state index contributed by atoms with van der Waals surface area (Å²) in [5.41, 5.74) is 3.32. The van der Waals surface area contributed by atoms with E-state index in [4.69, 9.17) is 9.15 Å². The van der Waals surface area contributed by atoms with Crippen molar-refractivity contribution in [2.75, 3.05) is 11.5 Å². The fraction of sp³-hybridized carbons (Fsp3) is 0.208. The second-order valence-electron chi connectivity index (χ2n) is 7.50. The van der Waals surface area contributed by atoms with E-state index in [1.54, 1.807) is 16.5 Å². The summed E-state index contributed by atoms with van der Waals surface area (Å²) in [7, 11) is 0. The molecular formula is C24H20N2O4S. The zero-order valence-electron chi connectivity index (χ0n) is 17.3. The van der Waals surface area contributed by atoms with E-state index in [9.17, 15) is 9.59 Å². The number of fused-ring (bicyclic) bond motifs is 2. The van der Waals surface area contributed by atoms with Gasteiger partial charge in [0.05, 0.1) is 23.6 Å². The average Bonchev–Trinajstić information content (AvgIpc) is 3.37. The van der Waals surface area contributed by atoms with Crippen LogP contribution in [-0.4, -0.2) is 17.5 Å². The van der Waals surface area contributed by atoms with Crippen molar-refractivity contribution in [3.63, 3.8) is 0 Å². The summed E-state index contributed by atoms with van der Waals surface area (Å²) >= 11 is 1.34. The van der Waals surface area contributed by atoms with Gasteiger partial charge >= 0.3 is 0 Å². The fourth-order valence-corrected chi connectivity index (χ4v) is 4.68. The van der Waals surface area contributed by atoms with Gasteiger partial charge in [-0.2, -0.15) is 0 Å². The van der Waals surface area contributed by atoms with E-state index in [1.807, 2.05) is 57.2 Å². The van der Waals surface area contributed by atoms with Crippen LogP contribution in [0.5, 0.6) is 5.75 Å². The number of carbonyl (C=O) groups excluding carboxylic acids is 1. The van der Waals surface area contributed by atoms with Gasteiger partial charge in [0.2, 0.25) is 5.76 Å². The minimum Gasteiger partial charge on any atom is -0.494 e. The molecule has 1 aliphatic heterocycles. The maximum Gasteiger partial charge on any atom is 0.297 e. The quantitative estimate of drug-likeness (QED) is 0.453. The van der Waals surface area contributed by atoms with Crippen LogP contribution < -0.4 is 15.1 Å². The number of carbonyl (C=O) groups is 1. The highest BCUT2D eigenvalue weighted by Gasteiger charge is 2.44. The van der Waals surface area contributed by atoms with Crippen molar-refractivity contribution in [2.24, 2.45) is 0 Å². The first-order valence-electron chi connectivity index (χ1n) is 10.0. The number of hydrogen-bond donors (Lipinski definition) is 0. The van der Waals surface area contributed by atoms with E-state index in [1.165, 1.54) is 11.3 Å². The lowest BCUT2D eigenvalue weighted by Crippen LogP contribution is -2.29. The van der Waals surface area contributed by atoms with Gasteiger partial charge in [-0.1, -0.05) is 12.1 Å². The number of aromatic nitrogens is 1. The number of ether oxygens (including phenoxy) is 1. The van der Waals surface area contributed by atoms with Gasteiger partial charge in [0, 0.05) is 11.6 Å². The lowest BCUT2D eigenvalue weighted by molar-refractivity contribution is 0.0971. The highest BCUT2D eigenvalue weighted by molar-refractivity contribution is 7.13. The van der Waals surface area contributed by atoms with E-state index in [0.717, 1.165) is 16.7 Å². The Kier molecular flexibility index (Phi) is 4.63. The zero-order chi connectivity index (χ0) is 21.7. The third-order valence-corrected chi connectivity index (χ3v) is 6.37. The van der Waals surface area contributed by atoms with Crippen molar-refractivity contribution in [1.82, 2.24) is 4.98 Å². The number of benzene rings is 2. The number of amides is 1. The van der Waals surface area contributed by atoms with Crippen LogP contribution in [0.3, 0.4) is 0 Å². The Balaban J connectivity index is 1.80. The number of anilines is 1. The Morgan fingerprint density at radius 2 is 1.97 bits per heavy atom. The molecule has 0 bridgehead atoms. The zero-order valence-corrected chi connectivity index (χ0v) is 18.2. The van der Waals surface area contributed by atoms with Gasteiger partial charge in [0.15, 0.2) is 10.6 Å². The van der Waals surface area contributed by atoms with Crippen LogP contribution in [-0.2, 0) is 0 Å². The molecule has 2 aromatic heterocycles. The van der Waals surface area contributed by atoms with Crippen molar-refractivity contribution >= 4 is 33.3 Å². The molecule has 4 aromatic rings. The number of aryl methyl sites for hydroxylation is 2. The number of nitrogens with zero attached hydrogens (tertiary/aromatic N) is 2. The lowest BCUT2D eigenvalue weighted by atomic mass is 9.97. The van der Waals surface area contributed by atoms with E-state index in [-0.39, 0.29) is 17.1 Å². The molecule has 31 heavy (non-hydrogen) atoms. The smallest absolute Gasteiger partial charge is 0.297 e. The molecule has 0 aliphatic carbocycles. The molecule has 1 aliphatic rings. The van der Waals surface area contributed by atoms with E-state index in [2.05, 4.69) is 4.98 Å². The maximum atomic E-state index is 13.7. The van der Waals surface area contributed by atoms with Crippen molar-refractivity contribution < 1.29 is 13.9 Å². The molecule has 0 saturated heterocycles.